The lowest BCUT2D eigenvalue weighted by atomic mass is 10.2. The number of non-ortho nitro benzene ring substituents is 1. The molecule has 18 heavy (non-hydrogen) atoms. The summed E-state index contributed by atoms with van der Waals surface area (Å²) in [6.07, 6.45) is 0.880. The van der Waals surface area contributed by atoms with Crippen molar-refractivity contribution in [2.24, 2.45) is 0 Å². The average molecular weight is 253 g/mol. The van der Waals surface area contributed by atoms with E-state index in [0.717, 1.165) is 13.0 Å². The van der Waals surface area contributed by atoms with E-state index >= 15 is 0 Å². The lowest BCUT2D eigenvalue weighted by Crippen LogP contribution is -2.15. The number of nitrogens with zero attached hydrogens (tertiary/aromatic N) is 2. The van der Waals surface area contributed by atoms with Crippen molar-refractivity contribution in [2.45, 2.75) is 6.42 Å². The first-order chi connectivity index (χ1) is 8.52. The van der Waals surface area contributed by atoms with Crippen molar-refractivity contribution in [2.75, 3.05) is 39.6 Å². The maximum absolute atomic E-state index is 10.8. The normalized spacial score (nSPS) is 10.4. The molecule has 0 saturated heterocycles. The van der Waals surface area contributed by atoms with Gasteiger partial charge in [0.15, 0.2) is 0 Å². The molecule has 0 spiro atoms. The van der Waals surface area contributed by atoms with Crippen LogP contribution in [0.1, 0.15) is 6.42 Å². The van der Waals surface area contributed by atoms with Gasteiger partial charge in [-0.25, -0.2) is 0 Å². The van der Waals surface area contributed by atoms with E-state index in [2.05, 4.69) is 10.2 Å². The summed E-state index contributed by atoms with van der Waals surface area (Å²) in [5.41, 5.74) is 0.705. The average Bonchev–Trinajstić information content (AvgIpc) is 2.34. The number of nitro benzene ring substituents is 1. The molecule has 1 aromatic carbocycles. The minimum atomic E-state index is -0.423. The van der Waals surface area contributed by atoms with Gasteiger partial charge in [-0.15, -0.1) is 0 Å². The van der Waals surface area contributed by atoms with Gasteiger partial charge in [-0.1, -0.05) is 0 Å². The third-order valence-electron chi connectivity index (χ3n) is 2.41. The van der Waals surface area contributed by atoms with E-state index in [0.29, 0.717) is 18.0 Å². The summed E-state index contributed by atoms with van der Waals surface area (Å²) in [7, 11) is 5.70. The molecule has 1 N–H and O–H groups in total. The van der Waals surface area contributed by atoms with Crippen molar-refractivity contribution < 1.29 is 9.66 Å². The summed E-state index contributed by atoms with van der Waals surface area (Å²) in [5, 5.41) is 13.6. The lowest BCUT2D eigenvalue weighted by molar-refractivity contribution is -0.384. The monoisotopic (exact) mass is 253 g/mol. The van der Waals surface area contributed by atoms with Crippen LogP contribution in [0.3, 0.4) is 0 Å². The van der Waals surface area contributed by atoms with Gasteiger partial charge in [0.25, 0.3) is 5.69 Å². The highest BCUT2D eigenvalue weighted by Gasteiger charge is 2.09. The highest BCUT2D eigenvalue weighted by Crippen LogP contribution is 2.25. The topological polar surface area (TPSA) is 67.6 Å². The maximum atomic E-state index is 10.8. The Balaban J connectivity index is 2.64. The zero-order valence-corrected chi connectivity index (χ0v) is 11.0. The molecule has 6 heteroatoms. The van der Waals surface area contributed by atoms with Crippen LogP contribution >= 0.6 is 0 Å². The molecule has 0 aliphatic carbocycles. The summed E-state index contributed by atoms with van der Waals surface area (Å²) >= 11 is 0. The Kier molecular flexibility index (Phi) is 5.38. The maximum Gasteiger partial charge on any atom is 0.275 e. The molecule has 0 heterocycles. The van der Waals surface area contributed by atoms with Gasteiger partial charge in [-0.05, 0) is 20.5 Å². The molecule has 0 amide bonds. The number of hydrogen-bond donors (Lipinski definition) is 1. The van der Waals surface area contributed by atoms with Gasteiger partial charge in [0, 0.05) is 31.4 Å². The number of rotatable bonds is 7. The van der Waals surface area contributed by atoms with Gasteiger partial charge < -0.3 is 15.0 Å². The van der Waals surface area contributed by atoms with Crippen LogP contribution in [0.25, 0.3) is 0 Å². The third-order valence-corrected chi connectivity index (χ3v) is 2.41. The van der Waals surface area contributed by atoms with Gasteiger partial charge in [-0.2, -0.15) is 0 Å². The number of ether oxygens (including phenoxy) is 1. The molecule has 0 aromatic heterocycles. The molecule has 0 radical (unpaired) electrons. The molecule has 0 unspecified atom stereocenters. The standard InChI is InChI=1S/C12H19N3O3/c1-13-10-7-11(15(16)17)9-12(8-10)18-6-4-5-14(2)3/h7-9,13H,4-6H2,1-3H3. The van der Waals surface area contributed by atoms with E-state index in [1.165, 1.54) is 12.1 Å². The Morgan fingerprint density at radius 2 is 2.11 bits per heavy atom. The third kappa shape index (κ3) is 4.58. The van der Waals surface area contributed by atoms with E-state index in [9.17, 15) is 10.1 Å². The molecule has 0 fully saturated rings. The van der Waals surface area contributed by atoms with Gasteiger partial charge in [-0.3, -0.25) is 10.1 Å². The molecule has 0 bridgehead atoms. The van der Waals surface area contributed by atoms with Crippen LogP contribution < -0.4 is 10.1 Å². The number of benzene rings is 1. The molecule has 1 rings (SSSR count). The highest BCUT2D eigenvalue weighted by molar-refractivity contribution is 5.55. The van der Waals surface area contributed by atoms with Crippen LogP contribution in [0.15, 0.2) is 18.2 Å². The van der Waals surface area contributed by atoms with Crippen molar-refractivity contribution in [3.8, 4) is 5.75 Å². The van der Waals surface area contributed by atoms with Gasteiger partial charge in [0.2, 0.25) is 0 Å². The SMILES string of the molecule is CNc1cc(OCCCN(C)C)cc([N+](=O)[O-])c1. The number of nitrogens with one attached hydrogen (secondary N) is 1. The summed E-state index contributed by atoms with van der Waals surface area (Å²) < 4.78 is 5.52. The second-order valence-electron chi connectivity index (χ2n) is 4.23. The van der Waals surface area contributed by atoms with E-state index in [1.54, 1.807) is 13.1 Å². The first-order valence-corrected chi connectivity index (χ1v) is 5.77. The van der Waals surface area contributed by atoms with Crippen molar-refractivity contribution in [3.63, 3.8) is 0 Å². The molecule has 1 aromatic rings. The van der Waals surface area contributed by atoms with Crippen LogP contribution in [0, 0.1) is 10.1 Å². The van der Waals surface area contributed by atoms with Crippen molar-refractivity contribution in [3.05, 3.63) is 28.3 Å². The van der Waals surface area contributed by atoms with Gasteiger partial charge in [0.05, 0.1) is 17.6 Å². The van der Waals surface area contributed by atoms with Crippen molar-refractivity contribution in [1.29, 1.82) is 0 Å². The minimum Gasteiger partial charge on any atom is -0.493 e. The first kappa shape index (κ1) is 14.2. The Morgan fingerprint density at radius 1 is 1.39 bits per heavy atom. The molecular weight excluding hydrogens is 234 g/mol. The largest absolute Gasteiger partial charge is 0.493 e. The van der Waals surface area contributed by atoms with E-state index in [1.807, 2.05) is 14.1 Å². The van der Waals surface area contributed by atoms with Crippen molar-refractivity contribution in [1.82, 2.24) is 4.90 Å². The molecule has 6 nitrogen and oxygen atoms in total. The first-order valence-electron chi connectivity index (χ1n) is 5.77. The fraction of sp³-hybridized carbons (Fsp3) is 0.500. The quantitative estimate of drug-likeness (QED) is 0.457. The highest BCUT2D eigenvalue weighted by atomic mass is 16.6. The van der Waals surface area contributed by atoms with E-state index in [4.69, 9.17) is 4.74 Å². The molecule has 0 atom stereocenters. The predicted octanol–water partition coefficient (Wildman–Crippen LogP) is 1.97. The summed E-state index contributed by atoms with van der Waals surface area (Å²) in [4.78, 5) is 12.4. The van der Waals surface area contributed by atoms with Crippen LogP contribution in [-0.2, 0) is 0 Å². The summed E-state index contributed by atoms with van der Waals surface area (Å²) in [6, 6.07) is 4.67. The van der Waals surface area contributed by atoms with Crippen LogP contribution in [0.5, 0.6) is 5.75 Å². The smallest absolute Gasteiger partial charge is 0.275 e. The molecule has 0 aliphatic heterocycles. The Morgan fingerprint density at radius 3 is 2.67 bits per heavy atom. The summed E-state index contributed by atoms with van der Waals surface area (Å²) in [6.45, 7) is 1.47. The fourth-order valence-electron chi connectivity index (χ4n) is 1.49. The van der Waals surface area contributed by atoms with Crippen LogP contribution in [-0.4, -0.2) is 44.1 Å². The molecule has 100 valence electrons. The Hall–Kier alpha value is -1.82. The zero-order chi connectivity index (χ0) is 13.5. The Bertz CT molecular complexity index is 408. The zero-order valence-electron chi connectivity index (χ0n) is 11.0. The van der Waals surface area contributed by atoms with Crippen LogP contribution in [0.2, 0.25) is 0 Å². The molecular formula is C12H19N3O3. The van der Waals surface area contributed by atoms with E-state index in [-0.39, 0.29) is 5.69 Å². The summed E-state index contributed by atoms with van der Waals surface area (Å²) in [5.74, 6) is 0.521. The second kappa shape index (κ2) is 6.80. The van der Waals surface area contributed by atoms with Crippen molar-refractivity contribution >= 4 is 11.4 Å². The lowest BCUT2D eigenvalue weighted by Gasteiger charge is -2.11. The Labute approximate surface area is 107 Å². The number of nitro groups is 1. The minimum absolute atomic E-state index is 0.0319. The van der Waals surface area contributed by atoms with Crippen LogP contribution in [0.4, 0.5) is 11.4 Å². The second-order valence-corrected chi connectivity index (χ2v) is 4.23. The van der Waals surface area contributed by atoms with Gasteiger partial charge in [0.1, 0.15) is 5.75 Å². The number of hydrogen-bond acceptors (Lipinski definition) is 5. The fourth-order valence-corrected chi connectivity index (χ4v) is 1.49. The number of anilines is 1. The van der Waals surface area contributed by atoms with E-state index < -0.39 is 4.92 Å². The predicted molar refractivity (Wildman–Crippen MR) is 71.3 cm³/mol. The molecule has 0 aliphatic rings. The molecule has 0 saturated carbocycles. The van der Waals surface area contributed by atoms with Gasteiger partial charge >= 0.3 is 0 Å².